The molecule has 3 aromatic carbocycles. The lowest BCUT2D eigenvalue weighted by Crippen LogP contribution is -2.42. The second-order valence-corrected chi connectivity index (χ2v) is 10.5. The Morgan fingerprint density at radius 2 is 1.74 bits per heavy atom. The second kappa shape index (κ2) is 10.6. The van der Waals surface area contributed by atoms with Gasteiger partial charge in [-0.15, -0.1) is 0 Å². The Bertz CT molecular complexity index is 1310. The minimum absolute atomic E-state index is 0.0269. The van der Waals surface area contributed by atoms with Crippen LogP contribution in [0.25, 0.3) is 0 Å². The van der Waals surface area contributed by atoms with Crippen molar-refractivity contribution in [2.45, 2.75) is 30.2 Å². The molecule has 0 radical (unpaired) electrons. The van der Waals surface area contributed by atoms with Crippen molar-refractivity contribution in [2.75, 3.05) is 25.1 Å². The number of hydrogen-bond donors (Lipinski definition) is 1. The molecule has 184 valence electrons. The Labute approximate surface area is 210 Å². The molecule has 0 saturated carbocycles. The van der Waals surface area contributed by atoms with E-state index in [2.05, 4.69) is 11.4 Å². The molecule has 1 aliphatic carbocycles. The molecule has 0 fully saturated rings. The van der Waals surface area contributed by atoms with Gasteiger partial charge < -0.3 is 14.8 Å². The molecule has 1 aliphatic rings. The molecule has 1 N–H and O–H groups in total. The van der Waals surface area contributed by atoms with Gasteiger partial charge in [-0.25, -0.2) is 8.42 Å². The highest BCUT2D eigenvalue weighted by atomic mass is 35.5. The van der Waals surface area contributed by atoms with Gasteiger partial charge in [0.15, 0.2) is 11.5 Å². The number of amides is 1. The van der Waals surface area contributed by atoms with Gasteiger partial charge >= 0.3 is 0 Å². The predicted molar refractivity (Wildman–Crippen MR) is 136 cm³/mol. The van der Waals surface area contributed by atoms with Crippen LogP contribution in [-0.4, -0.2) is 35.1 Å². The SMILES string of the molecule is COc1ccc(S(=O)(=O)N(CC(=O)N[C@@H]2CCCc3ccccc32)c2ccc(Cl)cc2)cc1OC. The number of halogens is 1. The average molecular weight is 515 g/mol. The van der Waals surface area contributed by atoms with Crippen LogP contribution in [0.3, 0.4) is 0 Å². The van der Waals surface area contributed by atoms with Gasteiger partial charge in [0.2, 0.25) is 5.91 Å². The van der Waals surface area contributed by atoms with E-state index in [1.807, 2.05) is 18.2 Å². The quantitative estimate of drug-likeness (QED) is 0.469. The number of benzene rings is 3. The topological polar surface area (TPSA) is 84.9 Å². The lowest BCUT2D eigenvalue weighted by atomic mass is 9.88. The van der Waals surface area contributed by atoms with Crippen molar-refractivity contribution in [1.82, 2.24) is 5.32 Å². The lowest BCUT2D eigenvalue weighted by Gasteiger charge is -2.29. The third-order valence-corrected chi connectivity index (χ3v) is 8.07. The highest BCUT2D eigenvalue weighted by Crippen LogP contribution is 2.33. The summed E-state index contributed by atoms with van der Waals surface area (Å²) in [6, 6.07) is 18.5. The number of carbonyl (C=O) groups excluding carboxylic acids is 1. The van der Waals surface area contributed by atoms with Gasteiger partial charge in [0, 0.05) is 11.1 Å². The third-order valence-electron chi connectivity index (χ3n) is 6.05. The molecule has 4 rings (SSSR count). The summed E-state index contributed by atoms with van der Waals surface area (Å²) in [7, 11) is -1.22. The maximum atomic E-state index is 13.7. The van der Waals surface area contributed by atoms with Gasteiger partial charge in [-0.05, 0) is 66.8 Å². The molecule has 9 heteroatoms. The van der Waals surface area contributed by atoms with Gasteiger partial charge in [0.1, 0.15) is 6.54 Å². The molecule has 0 bridgehead atoms. The maximum absolute atomic E-state index is 13.7. The number of rotatable bonds is 8. The number of nitrogens with zero attached hydrogens (tertiary/aromatic N) is 1. The molecule has 1 amide bonds. The van der Waals surface area contributed by atoms with E-state index in [-0.39, 0.29) is 16.7 Å². The lowest BCUT2D eigenvalue weighted by molar-refractivity contribution is -0.120. The fourth-order valence-electron chi connectivity index (χ4n) is 4.30. The van der Waals surface area contributed by atoms with E-state index >= 15 is 0 Å². The average Bonchev–Trinajstić information content (AvgIpc) is 2.87. The first-order valence-electron chi connectivity index (χ1n) is 11.2. The van der Waals surface area contributed by atoms with Crippen molar-refractivity contribution in [3.63, 3.8) is 0 Å². The first kappa shape index (κ1) is 24.9. The number of nitrogens with one attached hydrogen (secondary N) is 1. The Morgan fingerprint density at radius 3 is 2.46 bits per heavy atom. The monoisotopic (exact) mass is 514 g/mol. The van der Waals surface area contributed by atoms with Crippen LogP contribution >= 0.6 is 11.6 Å². The Hall–Kier alpha value is -3.23. The van der Waals surface area contributed by atoms with E-state index in [0.29, 0.717) is 16.5 Å². The smallest absolute Gasteiger partial charge is 0.264 e. The van der Waals surface area contributed by atoms with Gasteiger partial charge in [-0.1, -0.05) is 35.9 Å². The molecule has 0 unspecified atom stereocenters. The summed E-state index contributed by atoms with van der Waals surface area (Å²) in [5.74, 6) is 0.275. The molecule has 0 aromatic heterocycles. The van der Waals surface area contributed by atoms with Gasteiger partial charge in [0.05, 0.1) is 30.8 Å². The van der Waals surface area contributed by atoms with Crippen LogP contribution in [0.2, 0.25) is 5.02 Å². The zero-order chi connectivity index (χ0) is 25.0. The van der Waals surface area contributed by atoms with Crippen molar-refractivity contribution in [1.29, 1.82) is 0 Å². The summed E-state index contributed by atoms with van der Waals surface area (Å²) in [4.78, 5) is 13.2. The van der Waals surface area contributed by atoms with Crippen molar-refractivity contribution < 1.29 is 22.7 Å². The summed E-state index contributed by atoms with van der Waals surface area (Å²) >= 11 is 6.03. The maximum Gasteiger partial charge on any atom is 0.264 e. The molecule has 0 saturated heterocycles. The van der Waals surface area contributed by atoms with Crippen LogP contribution in [0.1, 0.15) is 30.0 Å². The Kier molecular flexibility index (Phi) is 7.52. The normalized spacial score (nSPS) is 15.1. The van der Waals surface area contributed by atoms with Crippen LogP contribution in [0.4, 0.5) is 5.69 Å². The fraction of sp³-hybridized carbons (Fsp3) is 0.269. The Balaban J connectivity index is 1.65. The molecule has 35 heavy (non-hydrogen) atoms. The third kappa shape index (κ3) is 5.39. The van der Waals surface area contributed by atoms with Crippen molar-refractivity contribution >= 4 is 33.2 Å². The molecule has 3 aromatic rings. The van der Waals surface area contributed by atoms with Crippen LogP contribution in [0.5, 0.6) is 11.5 Å². The molecule has 0 aliphatic heterocycles. The van der Waals surface area contributed by atoms with Gasteiger partial charge in [0.25, 0.3) is 10.0 Å². The zero-order valence-electron chi connectivity index (χ0n) is 19.5. The van der Waals surface area contributed by atoms with Gasteiger partial charge in [-0.2, -0.15) is 0 Å². The van der Waals surface area contributed by atoms with E-state index in [1.54, 1.807) is 24.3 Å². The molecule has 1 atom stereocenters. The number of aryl methyl sites for hydroxylation is 1. The van der Waals surface area contributed by atoms with E-state index in [4.69, 9.17) is 21.1 Å². The summed E-state index contributed by atoms with van der Waals surface area (Å²) in [5, 5.41) is 3.49. The number of sulfonamides is 1. The fourth-order valence-corrected chi connectivity index (χ4v) is 5.86. The van der Waals surface area contributed by atoms with Crippen LogP contribution < -0.4 is 19.1 Å². The standard InChI is InChI=1S/C26H27ClN2O5S/c1-33-24-15-14-21(16-25(24)34-2)35(31,32)29(20-12-10-19(27)11-13-20)17-26(30)28-23-9-5-7-18-6-3-4-8-22(18)23/h3-4,6,8,10-16,23H,5,7,9,17H2,1-2H3,(H,28,30)/t23-/m1/s1. The molecule has 7 nitrogen and oxygen atoms in total. The highest BCUT2D eigenvalue weighted by Gasteiger charge is 2.30. The van der Waals surface area contributed by atoms with Crippen molar-refractivity contribution in [2.24, 2.45) is 0 Å². The largest absolute Gasteiger partial charge is 0.493 e. The number of carbonyl (C=O) groups is 1. The molecular formula is C26H27ClN2O5S. The first-order chi connectivity index (χ1) is 16.8. The van der Waals surface area contributed by atoms with E-state index in [9.17, 15) is 13.2 Å². The highest BCUT2D eigenvalue weighted by molar-refractivity contribution is 7.92. The Morgan fingerprint density at radius 1 is 1.03 bits per heavy atom. The minimum atomic E-state index is -4.13. The summed E-state index contributed by atoms with van der Waals surface area (Å²) in [5.41, 5.74) is 2.60. The summed E-state index contributed by atoms with van der Waals surface area (Å²) < 4.78 is 39.0. The van der Waals surface area contributed by atoms with Crippen molar-refractivity contribution in [3.8, 4) is 11.5 Å². The van der Waals surface area contributed by atoms with E-state index in [1.165, 1.54) is 38.0 Å². The van der Waals surface area contributed by atoms with Crippen molar-refractivity contribution in [3.05, 3.63) is 82.9 Å². The molecular weight excluding hydrogens is 488 g/mol. The first-order valence-corrected chi connectivity index (χ1v) is 13.0. The molecule has 0 spiro atoms. The molecule has 0 heterocycles. The zero-order valence-corrected chi connectivity index (χ0v) is 21.1. The van der Waals surface area contributed by atoms with Crippen LogP contribution in [0.15, 0.2) is 71.6 Å². The predicted octanol–water partition coefficient (Wildman–Crippen LogP) is 4.75. The van der Waals surface area contributed by atoms with E-state index in [0.717, 1.165) is 29.1 Å². The summed E-state index contributed by atoms with van der Waals surface area (Å²) in [6.07, 6.45) is 2.71. The summed E-state index contributed by atoms with van der Waals surface area (Å²) in [6.45, 7) is -0.392. The number of fused-ring (bicyclic) bond motifs is 1. The second-order valence-electron chi connectivity index (χ2n) is 8.22. The number of ether oxygens (including phenoxy) is 2. The number of hydrogen-bond acceptors (Lipinski definition) is 5. The number of anilines is 1. The van der Waals surface area contributed by atoms with E-state index < -0.39 is 22.5 Å². The van der Waals surface area contributed by atoms with Crippen LogP contribution in [-0.2, 0) is 21.2 Å². The minimum Gasteiger partial charge on any atom is -0.493 e. The van der Waals surface area contributed by atoms with Gasteiger partial charge in [-0.3, -0.25) is 9.10 Å². The number of methoxy groups -OCH3 is 2. The van der Waals surface area contributed by atoms with Crippen LogP contribution in [0, 0.1) is 0 Å².